The Hall–Kier alpha value is -1.27. The molecular formula is C7H9NO4S. The smallest absolute Gasteiger partial charge is 0.296 e. The zero-order valence-corrected chi connectivity index (χ0v) is 7.71. The number of anilines is 1. The summed E-state index contributed by atoms with van der Waals surface area (Å²) in [6.45, 7) is 0. The van der Waals surface area contributed by atoms with Gasteiger partial charge >= 0.3 is 0 Å². The van der Waals surface area contributed by atoms with Crippen LogP contribution >= 0.6 is 0 Å². The van der Waals surface area contributed by atoms with Crippen LogP contribution in [0.1, 0.15) is 0 Å². The molecule has 0 atom stereocenters. The second kappa shape index (κ2) is 3.23. The molecule has 13 heavy (non-hydrogen) atoms. The Morgan fingerprint density at radius 3 is 2.54 bits per heavy atom. The maximum atomic E-state index is 10.7. The molecule has 0 bridgehead atoms. The summed E-state index contributed by atoms with van der Waals surface area (Å²) in [6, 6.07) is 4.13. The van der Waals surface area contributed by atoms with E-state index in [0.717, 1.165) is 0 Å². The van der Waals surface area contributed by atoms with Gasteiger partial charge in [0.25, 0.3) is 10.1 Å². The molecule has 0 amide bonds. The Morgan fingerprint density at radius 2 is 2.08 bits per heavy atom. The van der Waals surface area contributed by atoms with Crippen molar-refractivity contribution in [2.24, 2.45) is 0 Å². The molecule has 5 nitrogen and oxygen atoms in total. The highest BCUT2D eigenvalue weighted by molar-refractivity contribution is 7.86. The molecule has 0 spiro atoms. The van der Waals surface area contributed by atoms with Crippen LogP contribution in [0.4, 0.5) is 5.69 Å². The van der Waals surface area contributed by atoms with Gasteiger partial charge in [0.15, 0.2) is 0 Å². The van der Waals surface area contributed by atoms with Crippen LogP contribution in [-0.2, 0) is 10.1 Å². The molecule has 0 aliphatic heterocycles. The first-order valence-electron chi connectivity index (χ1n) is 3.37. The number of nitrogen functional groups attached to an aromatic ring is 1. The summed E-state index contributed by atoms with van der Waals surface area (Å²) in [5.74, 6) is 0.218. The van der Waals surface area contributed by atoms with Gasteiger partial charge in [0.2, 0.25) is 0 Å². The number of nitrogens with two attached hydrogens (primary N) is 1. The maximum Gasteiger partial charge on any atom is 0.296 e. The monoisotopic (exact) mass is 203 g/mol. The lowest BCUT2D eigenvalue weighted by Crippen LogP contribution is -2.04. The van der Waals surface area contributed by atoms with Crippen molar-refractivity contribution in [1.82, 2.24) is 0 Å². The summed E-state index contributed by atoms with van der Waals surface area (Å²) in [5.41, 5.74) is 5.33. The number of hydrogen-bond donors (Lipinski definition) is 2. The van der Waals surface area contributed by atoms with Gasteiger partial charge in [0.1, 0.15) is 10.6 Å². The second-order valence-electron chi connectivity index (χ2n) is 2.35. The molecule has 0 aromatic heterocycles. The van der Waals surface area contributed by atoms with Gasteiger partial charge in [-0.15, -0.1) is 0 Å². The van der Waals surface area contributed by atoms with Crippen molar-refractivity contribution in [2.75, 3.05) is 12.8 Å². The lowest BCUT2D eigenvalue weighted by molar-refractivity contribution is 0.415. The first-order chi connectivity index (χ1) is 5.96. The van der Waals surface area contributed by atoms with E-state index in [9.17, 15) is 8.42 Å². The number of rotatable bonds is 2. The highest BCUT2D eigenvalue weighted by Gasteiger charge is 2.15. The molecule has 3 N–H and O–H groups in total. The van der Waals surface area contributed by atoms with Gasteiger partial charge in [0.05, 0.1) is 12.8 Å². The average Bonchev–Trinajstić information content (AvgIpc) is 2.02. The lowest BCUT2D eigenvalue weighted by Gasteiger charge is -2.06. The van der Waals surface area contributed by atoms with E-state index < -0.39 is 10.1 Å². The van der Waals surface area contributed by atoms with E-state index in [0.29, 0.717) is 0 Å². The fourth-order valence-electron chi connectivity index (χ4n) is 0.927. The van der Waals surface area contributed by atoms with Crippen molar-refractivity contribution in [3.63, 3.8) is 0 Å². The molecule has 72 valence electrons. The van der Waals surface area contributed by atoms with E-state index in [1.54, 1.807) is 0 Å². The third-order valence-electron chi connectivity index (χ3n) is 1.52. The Balaban J connectivity index is 3.41. The Kier molecular flexibility index (Phi) is 2.44. The number of para-hydroxylation sites is 1. The van der Waals surface area contributed by atoms with Crippen molar-refractivity contribution >= 4 is 15.8 Å². The third-order valence-corrected chi connectivity index (χ3v) is 2.44. The molecular weight excluding hydrogens is 194 g/mol. The van der Waals surface area contributed by atoms with Gasteiger partial charge in [-0.1, -0.05) is 6.07 Å². The van der Waals surface area contributed by atoms with E-state index in [4.69, 9.17) is 15.0 Å². The van der Waals surface area contributed by atoms with Crippen molar-refractivity contribution in [2.45, 2.75) is 4.90 Å². The van der Waals surface area contributed by atoms with Crippen LogP contribution in [0, 0.1) is 0 Å². The van der Waals surface area contributed by atoms with Crippen molar-refractivity contribution in [3.8, 4) is 5.75 Å². The van der Waals surface area contributed by atoms with Crippen LogP contribution in [0.25, 0.3) is 0 Å². The van der Waals surface area contributed by atoms with Crippen LogP contribution in [-0.4, -0.2) is 20.1 Å². The normalized spacial score (nSPS) is 11.2. The van der Waals surface area contributed by atoms with Gasteiger partial charge in [-0.05, 0) is 12.1 Å². The van der Waals surface area contributed by atoms with Crippen molar-refractivity contribution < 1.29 is 17.7 Å². The summed E-state index contributed by atoms with van der Waals surface area (Å²) in [7, 11) is -2.91. The molecule has 0 radical (unpaired) electrons. The van der Waals surface area contributed by atoms with Gasteiger partial charge in [0, 0.05) is 0 Å². The van der Waals surface area contributed by atoms with Crippen LogP contribution < -0.4 is 10.5 Å². The first kappa shape index (κ1) is 9.82. The number of benzene rings is 1. The fraction of sp³-hybridized carbons (Fsp3) is 0.143. The number of ether oxygens (including phenoxy) is 1. The average molecular weight is 203 g/mol. The summed E-state index contributed by atoms with van der Waals surface area (Å²) in [4.78, 5) is -0.341. The summed E-state index contributed by atoms with van der Waals surface area (Å²) < 4.78 is 35.0. The third kappa shape index (κ3) is 1.90. The molecule has 1 aromatic rings. The SMILES string of the molecule is COc1cccc(S(=O)(=O)O)c1N. The molecule has 0 heterocycles. The number of hydrogen-bond acceptors (Lipinski definition) is 4. The number of methoxy groups -OCH3 is 1. The minimum atomic E-state index is -4.27. The first-order valence-corrected chi connectivity index (χ1v) is 4.81. The molecule has 0 saturated carbocycles. The van der Waals surface area contributed by atoms with Crippen LogP contribution in [0.5, 0.6) is 5.75 Å². The minimum Gasteiger partial charge on any atom is -0.495 e. The van der Waals surface area contributed by atoms with Gasteiger partial charge in [-0.3, -0.25) is 4.55 Å². The predicted octanol–water partition coefficient (Wildman–Crippen LogP) is 0.524. The Morgan fingerprint density at radius 1 is 1.46 bits per heavy atom. The van der Waals surface area contributed by atoms with E-state index in [1.807, 2.05) is 0 Å². The van der Waals surface area contributed by atoms with Crippen LogP contribution in [0.15, 0.2) is 23.1 Å². The lowest BCUT2D eigenvalue weighted by atomic mass is 10.3. The molecule has 0 aliphatic carbocycles. The van der Waals surface area contributed by atoms with Crippen LogP contribution in [0.3, 0.4) is 0 Å². The van der Waals surface area contributed by atoms with Crippen LogP contribution in [0.2, 0.25) is 0 Å². The molecule has 0 saturated heterocycles. The highest BCUT2D eigenvalue weighted by atomic mass is 32.2. The fourth-order valence-corrected chi connectivity index (χ4v) is 1.56. The van der Waals surface area contributed by atoms with E-state index in [-0.39, 0.29) is 16.3 Å². The molecule has 6 heteroatoms. The summed E-state index contributed by atoms with van der Waals surface area (Å²) in [5, 5.41) is 0. The van der Waals surface area contributed by atoms with Crippen molar-refractivity contribution in [1.29, 1.82) is 0 Å². The quantitative estimate of drug-likeness (QED) is 0.540. The predicted molar refractivity (Wildman–Crippen MR) is 47.2 cm³/mol. The van der Waals surface area contributed by atoms with Gasteiger partial charge in [-0.25, -0.2) is 0 Å². The molecule has 1 rings (SSSR count). The zero-order valence-electron chi connectivity index (χ0n) is 6.89. The largest absolute Gasteiger partial charge is 0.495 e. The van der Waals surface area contributed by atoms with Crippen molar-refractivity contribution in [3.05, 3.63) is 18.2 Å². The maximum absolute atomic E-state index is 10.7. The molecule has 0 unspecified atom stereocenters. The summed E-state index contributed by atoms with van der Waals surface area (Å²) >= 11 is 0. The highest BCUT2D eigenvalue weighted by Crippen LogP contribution is 2.27. The minimum absolute atomic E-state index is 0.0903. The summed E-state index contributed by atoms with van der Waals surface area (Å²) in [6.07, 6.45) is 0. The Bertz CT molecular complexity index is 413. The standard InChI is InChI=1S/C7H9NO4S/c1-12-5-3-2-4-6(7(5)8)13(9,10)11/h2-4H,8H2,1H3,(H,9,10,11). The Labute approximate surface area is 75.9 Å². The van der Waals surface area contributed by atoms with E-state index in [2.05, 4.69) is 0 Å². The van der Waals surface area contributed by atoms with Gasteiger partial charge < -0.3 is 10.5 Å². The zero-order chi connectivity index (χ0) is 10.1. The van der Waals surface area contributed by atoms with E-state index >= 15 is 0 Å². The van der Waals surface area contributed by atoms with Gasteiger partial charge in [-0.2, -0.15) is 8.42 Å². The molecule has 1 aromatic carbocycles. The van der Waals surface area contributed by atoms with E-state index in [1.165, 1.54) is 25.3 Å². The molecule has 0 fully saturated rings. The second-order valence-corrected chi connectivity index (χ2v) is 3.74. The topological polar surface area (TPSA) is 89.6 Å². The molecule has 0 aliphatic rings.